The first-order chi connectivity index (χ1) is 6.18. The first-order valence-electron chi connectivity index (χ1n) is 4.45. The van der Waals surface area contributed by atoms with Crippen LogP contribution in [0, 0.1) is 0 Å². The average Bonchev–Trinajstić information content (AvgIpc) is 2.07. The van der Waals surface area contributed by atoms with E-state index in [1.165, 1.54) is 0 Å². The molecule has 0 aromatic heterocycles. The highest BCUT2D eigenvalue weighted by molar-refractivity contribution is 6.31. The van der Waals surface area contributed by atoms with E-state index < -0.39 is 0 Å². The van der Waals surface area contributed by atoms with E-state index in [2.05, 4.69) is 0 Å². The number of aromatic hydroxyl groups is 1. The van der Waals surface area contributed by atoms with Gasteiger partial charge in [-0.1, -0.05) is 11.6 Å². The van der Waals surface area contributed by atoms with Crippen molar-refractivity contribution in [1.29, 1.82) is 0 Å². The molecule has 1 atom stereocenters. The second kappa shape index (κ2) is 3.20. The molecule has 0 saturated carbocycles. The zero-order valence-corrected chi connectivity index (χ0v) is 8.01. The van der Waals surface area contributed by atoms with E-state index in [9.17, 15) is 5.11 Å². The summed E-state index contributed by atoms with van der Waals surface area (Å²) in [6.07, 6.45) is 3.04. The predicted octanol–water partition coefficient (Wildman–Crippen LogP) is 2.38. The molecule has 0 aliphatic heterocycles. The summed E-state index contributed by atoms with van der Waals surface area (Å²) in [5, 5.41) is 9.99. The number of hydrogen-bond donors (Lipinski definition) is 2. The molecular weight excluding hydrogens is 186 g/mol. The molecule has 2 nitrogen and oxygen atoms in total. The molecule has 1 aromatic carbocycles. The Hall–Kier alpha value is -0.730. The maximum atomic E-state index is 9.35. The molecule has 1 aliphatic rings. The SMILES string of the molecule is N[C@@H]1CCCc2c(Cl)cc(O)cc21. The lowest BCUT2D eigenvalue weighted by Gasteiger charge is -2.23. The van der Waals surface area contributed by atoms with Crippen LogP contribution in [0.25, 0.3) is 0 Å². The maximum Gasteiger partial charge on any atom is 0.117 e. The molecular formula is C10H12ClNO. The van der Waals surface area contributed by atoms with Crippen molar-refractivity contribution in [2.45, 2.75) is 25.3 Å². The van der Waals surface area contributed by atoms with E-state index in [1.807, 2.05) is 0 Å². The van der Waals surface area contributed by atoms with Gasteiger partial charge < -0.3 is 10.8 Å². The first kappa shape index (κ1) is 8.85. The minimum absolute atomic E-state index is 0.0355. The van der Waals surface area contributed by atoms with Crippen molar-refractivity contribution >= 4 is 11.6 Å². The van der Waals surface area contributed by atoms with Crippen molar-refractivity contribution in [3.8, 4) is 5.75 Å². The van der Waals surface area contributed by atoms with Crippen molar-refractivity contribution in [3.63, 3.8) is 0 Å². The van der Waals surface area contributed by atoms with Crippen LogP contribution in [0.15, 0.2) is 12.1 Å². The Kier molecular flexibility index (Phi) is 2.18. The van der Waals surface area contributed by atoms with Crippen LogP contribution in [-0.2, 0) is 6.42 Å². The lowest BCUT2D eigenvalue weighted by Crippen LogP contribution is -2.17. The molecule has 3 N–H and O–H groups in total. The molecule has 3 heteroatoms. The van der Waals surface area contributed by atoms with Crippen molar-refractivity contribution in [2.24, 2.45) is 5.73 Å². The Morgan fingerprint density at radius 2 is 2.23 bits per heavy atom. The van der Waals surface area contributed by atoms with E-state index in [0.29, 0.717) is 5.02 Å². The van der Waals surface area contributed by atoms with Crippen LogP contribution < -0.4 is 5.73 Å². The number of phenols is 1. The summed E-state index contributed by atoms with van der Waals surface area (Å²) in [4.78, 5) is 0. The summed E-state index contributed by atoms with van der Waals surface area (Å²) in [5.74, 6) is 0.209. The highest BCUT2D eigenvalue weighted by Gasteiger charge is 2.19. The summed E-state index contributed by atoms with van der Waals surface area (Å²) in [6, 6.07) is 3.34. The minimum atomic E-state index is 0.0355. The molecule has 2 rings (SSSR count). The fourth-order valence-electron chi connectivity index (χ4n) is 1.89. The molecule has 0 heterocycles. The average molecular weight is 198 g/mol. The van der Waals surface area contributed by atoms with Gasteiger partial charge in [-0.3, -0.25) is 0 Å². The van der Waals surface area contributed by atoms with Gasteiger partial charge >= 0.3 is 0 Å². The van der Waals surface area contributed by atoms with E-state index >= 15 is 0 Å². The summed E-state index contributed by atoms with van der Waals surface area (Å²) in [6.45, 7) is 0. The molecule has 0 amide bonds. The summed E-state index contributed by atoms with van der Waals surface area (Å²) in [5.41, 5.74) is 8.03. The number of phenolic OH excluding ortho intramolecular Hbond substituents is 1. The van der Waals surface area contributed by atoms with E-state index in [-0.39, 0.29) is 11.8 Å². The number of rotatable bonds is 0. The standard InChI is InChI=1S/C10H12ClNO/c11-9-5-6(13)4-8-7(9)2-1-3-10(8)12/h4-5,10,13H,1-3,12H2/t10-/m1/s1. The molecule has 0 saturated heterocycles. The van der Waals surface area contributed by atoms with Gasteiger partial charge in [0.1, 0.15) is 5.75 Å². The fraction of sp³-hybridized carbons (Fsp3) is 0.400. The maximum absolute atomic E-state index is 9.35. The van der Waals surface area contributed by atoms with Gasteiger partial charge in [0, 0.05) is 11.1 Å². The van der Waals surface area contributed by atoms with Crippen LogP contribution in [-0.4, -0.2) is 5.11 Å². The normalized spacial score (nSPS) is 21.2. The molecule has 70 valence electrons. The van der Waals surface area contributed by atoms with Gasteiger partial charge in [0.15, 0.2) is 0 Å². The van der Waals surface area contributed by atoms with Crippen LogP contribution in [0.3, 0.4) is 0 Å². The van der Waals surface area contributed by atoms with Crippen LogP contribution in [0.5, 0.6) is 5.75 Å². The van der Waals surface area contributed by atoms with Crippen molar-refractivity contribution in [1.82, 2.24) is 0 Å². The van der Waals surface area contributed by atoms with Crippen molar-refractivity contribution < 1.29 is 5.11 Å². The molecule has 0 radical (unpaired) electrons. The van der Waals surface area contributed by atoms with E-state index in [0.717, 1.165) is 30.4 Å². The molecule has 0 spiro atoms. The number of halogens is 1. The van der Waals surface area contributed by atoms with Gasteiger partial charge in [0.05, 0.1) is 0 Å². The quantitative estimate of drug-likeness (QED) is 0.671. The Balaban J connectivity index is 2.56. The third-order valence-corrected chi connectivity index (χ3v) is 2.89. The number of nitrogens with two attached hydrogens (primary N) is 1. The molecule has 13 heavy (non-hydrogen) atoms. The second-order valence-corrected chi connectivity index (χ2v) is 3.90. The Bertz CT molecular complexity index is 338. The largest absolute Gasteiger partial charge is 0.508 e. The third kappa shape index (κ3) is 1.52. The minimum Gasteiger partial charge on any atom is -0.508 e. The third-order valence-electron chi connectivity index (χ3n) is 2.56. The van der Waals surface area contributed by atoms with Gasteiger partial charge in [0.2, 0.25) is 0 Å². The van der Waals surface area contributed by atoms with Crippen LogP contribution >= 0.6 is 11.6 Å². The lowest BCUT2D eigenvalue weighted by molar-refractivity contribution is 0.470. The zero-order valence-electron chi connectivity index (χ0n) is 7.26. The summed E-state index contributed by atoms with van der Waals surface area (Å²) >= 11 is 6.00. The fourth-order valence-corrected chi connectivity index (χ4v) is 2.21. The smallest absolute Gasteiger partial charge is 0.117 e. The summed E-state index contributed by atoms with van der Waals surface area (Å²) < 4.78 is 0. The van der Waals surface area contributed by atoms with E-state index in [1.54, 1.807) is 12.1 Å². The predicted molar refractivity (Wildman–Crippen MR) is 53.0 cm³/mol. The topological polar surface area (TPSA) is 46.2 Å². The second-order valence-electron chi connectivity index (χ2n) is 3.49. The Morgan fingerprint density at radius 3 is 3.00 bits per heavy atom. The molecule has 1 aromatic rings. The molecule has 0 fully saturated rings. The van der Waals surface area contributed by atoms with Crippen molar-refractivity contribution in [3.05, 3.63) is 28.3 Å². The van der Waals surface area contributed by atoms with Gasteiger partial charge in [-0.2, -0.15) is 0 Å². The summed E-state index contributed by atoms with van der Waals surface area (Å²) in [7, 11) is 0. The molecule has 0 unspecified atom stereocenters. The molecule has 1 aliphatic carbocycles. The number of benzene rings is 1. The van der Waals surface area contributed by atoms with Gasteiger partial charge in [-0.05, 0) is 42.5 Å². The van der Waals surface area contributed by atoms with Crippen LogP contribution in [0.2, 0.25) is 5.02 Å². The van der Waals surface area contributed by atoms with Gasteiger partial charge in [0.25, 0.3) is 0 Å². The monoisotopic (exact) mass is 197 g/mol. The van der Waals surface area contributed by atoms with Crippen molar-refractivity contribution in [2.75, 3.05) is 0 Å². The number of fused-ring (bicyclic) bond motifs is 1. The first-order valence-corrected chi connectivity index (χ1v) is 4.83. The molecule has 0 bridgehead atoms. The van der Waals surface area contributed by atoms with E-state index in [4.69, 9.17) is 17.3 Å². The van der Waals surface area contributed by atoms with Crippen LogP contribution in [0.4, 0.5) is 0 Å². The van der Waals surface area contributed by atoms with Crippen LogP contribution in [0.1, 0.15) is 30.0 Å². The van der Waals surface area contributed by atoms with Gasteiger partial charge in [-0.15, -0.1) is 0 Å². The Morgan fingerprint density at radius 1 is 1.46 bits per heavy atom. The highest BCUT2D eigenvalue weighted by Crippen LogP contribution is 2.35. The highest BCUT2D eigenvalue weighted by atomic mass is 35.5. The Labute approximate surface area is 82.3 Å². The number of hydrogen-bond acceptors (Lipinski definition) is 2. The lowest BCUT2D eigenvalue weighted by atomic mass is 9.88. The van der Waals surface area contributed by atoms with Gasteiger partial charge in [-0.25, -0.2) is 0 Å². The zero-order chi connectivity index (χ0) is 9.42.